The third kappa shape index (κ3) is 3.26. The Labute approximate surface area is 114 Å². The quantitative estimate of drug-likeness (QED) is 0.732. The third-order valence-electron chi connectivity index (χ3n) is 3.31. The zero-order valence-electron chi connectivity index (χ0n) is 12.2. The van der Waals surface area contributed by atoms with Gasteiger partial charge in [0.1, 0.15) is 22.9 Å². The Kier molecular flexibility index (Phi) is 4.95. The van der Waals surface area contributed by atoms with Crippen LogP contribution in [0.5, 0.6) is 0 Å². The van der Waals surface area contributed by atoms with Gasteiger partial charge in [-0.05, 0) is 21.0 Å². The average Bonchev–Trinajstić information content (AvgIpc) is 2.39. The summed E-state index contributed by atoms with van der Waals surface area (Å²) in [6, 6.07) is 4.18. The SMILES string of the molecule is CNc1cc(=N)n(C)c(NCC(C)N(C)C)c1C#N. The Bertz CT molecular complexity index is 537. The molecule has 0 amide bonds. The Morgan fingerprint density at radius 1 is 1.53 bits per heavy atom. The van der Waals surface area contributed by atoms with Crippen LogP contribution in [0.15, 0.2) is 6.07 Å². The van der Waals surface area contributed by atoms with Crippen molar-refractivity contribution >= 4 is 11.5 Å². The molecule has 0 fully saturated rings. The van der Waals surface area contributed by atoms with Gasteiger partial charge >= 0.3 is 0 Å². The molecule has 1 aromatic rings. The minimum Gasteiger partial charge on any atom is -0.387 e. The number of anilines is 2. The van der Waals surface area contributed by atoms with Gasteiger partial charge in [-0.25, -0.2) is 0 Å². The van der Waals surface area contributed by atoms with Crippen LogP contribution in [0.3, 0.4) is 0 Å². The average molecular weight is 262 g/mol. The van der Waals surface area contributed by atoms with E-state index in [4.69, 9.17) is 5.41 Å². The van der Waals surface area contributed by atoms with Crippen molar-refractivity contribution in [3.05, 3.63) is 17.1 Å². The van der Waals surface area contributed by atoms with Gasteiger partial charge in [-0.1, -0.05) is 0 Å². The van der Waals surface area contributed by atoms with Crippen LogP contribution in [-0.2, 0) is 7.05 Å². The number of hydrogen-bond donors (Lipinski definition) is 3. The maximum atomic E-state index is 9.31. The number of likely N-dealkylation sites (N-methyl/N-ethyl adjacent to an activating group) is 1. The lowest BCUT2D eigenvalue weighted by Crippen LogP contribution is -2.33. The first kappa shape index (κ1) is 15.1. The van der Waals surface area contributed by atoms with E-state index in [0.29, 0.717) is 35.1 Å². The van der Waals surface area contributed by atoms with Gasteiger partial charge in [0, 0.05) is 32.7 Å². The van der Waals surface area contributed by atoms with Crippen LogP contribution in [0.1, 0.15) is 12.5 Å². The molecule has 3 N–H and O–H groups in total. The summed E-state index contributed by atoms with van der Waals surface area (Å²) in [5.41, 5.74) is 1.56. The van der Waals surface area contributed by atoms with E-state index in [9.17, 15) is 5.26 Å². The number of pyridine rings is 1. The molecule has 1 rings (SSSR count). The van der Waals surface area contributed by atoms with Crippen molar-refractivity contribution < 1.29 is 0 Å². The maximum Gasteiger partial charge on any atom is 0.128 e. The van der Waals surface area contributed by atoms with E-state index in [0.717, 1.165) is 0 Å². The highest BCUT2D eigenvalue weighted by Crippen LogP contribution is 2.20. The number of nitrogens with zero attached hydrogens (tertiary/aromatic N) is 3. The van der Waals surface area contributed by atoms with Gasteiger partial charge in [-0.15, -0.1) is 0 Å². The predicted molar refractivity (Wildman–Crippen MR) is 77.2 cm³/mol. The summed E-state index contributed by atoms with van der Waals surface area (Å²) >= 11 is 0. The highest BCUT2D eigenvalue weighted by Gasteiger charge is 2.13. The predicted octanol–water partition coefficient (Wildman–Crippen LogP) is 0.780. The Morgan fingerprint density at radius 3 is 2.63 bits per heavy atom. The molecule has 0 spiro atoms. The Morgan fingerprint density at radius 2 is 2.16 bits per heavy atom. The molecule has 19 heavy (non-hydrogen) atoms. The molecule has 0 saturated heterocycles. The fourth-order valence-corrected chi connectivity index (χ4v) is 1.67. The van der Waals surface area contributed by atoms with Crippen molar-refractivity contribution in [1.82, 2.24) is 9.47 Å². The van der Waals surface area contributed by atoms with Crippen molar-refractivity contribution in [2.45, 2.75) is 13.0 Å². The van der Waals surface area contributed by atoms with E-state index < -0.39 is 0 Å². The topological polar surface area (TPSA) is 79.9 Å². The highest BCUT2D eigenvalue weighted by atomic mass is 15.2. The van der Waals surface area contributed by atoms with Crippen LogP contribution in [0, 0.1) is 16.7 Å². The fourth-order valence-electron chi connectivity index (χ4n) is 1.67. The summed E-state index contributed by atoms with van der Waals surface area (Å²) in [7, 11) is 7.56. The Balaban J connectivity index is 3.15. The molecular formula is C13H22N6. The van der Waals surface area contributed by atoms with Crippen molar-refractivity contribution in [3.63, 3.8) is 0 Å². The zero-order chi connectivity index (χ0) is 14.6. The molecule has 0 saturated carbocycles. The number of hydrogen-bond acceptors (Lipinski definition) is 5. The minimum atomic E-state index is 0.332. The molecule has 6 nitrogen and oxygen atoms in total. The summed E-state index contributed by atoms with van der Waals surface area (Å²) in [5.74, 6) is 0.674. The number of rotatable bonds is 5. The first-order chi connectivity index (χ1) is 8.92. The first-order valence-electron chi connectivity index (χ1n) is 6.19. The molecule has 0 bridgehead atoms. The van der Waals surface area contributed by atoms with E-state index >= 15 is 0 Å². The smallest absolute Gasteiger partial charge is 0.128 e. The lowest BCUT2D eigenvalue weighted by molar-refractivity contribution is 0.325. The maximum absolute atomic E-state index is 9.31. The minimum absolute atomic E-state index is 0.332. The number of nitriles is 1. The normalized spacial score (nSPS) is 12.1. The zero-order valence-corrected chi connectivity index (χ0v) is 12.2. The van der Waals surface area contributed by atoms with Gasteiger partial charge in [-0.2, -0.15) is 5.26 Å². The molecule has 1 heterocycles. The van der Waals surface area contributed by atoms with Gasteiger partial charge < -0.3 is 20.1 Å². The second-order valence-corrected chi connectivity index (χ2v) is 4.78. The van der Waals surface area contributed by atoms with Gasteiger partial charge in [0.2, 0.25) is 0 Å². The van der Waals surface area contributed by atoms with Crippen molar-refractivity contribution in [3.8, 4) is 6.07 Å². The number of aromatic nitrogens is 1. The summed E-state index contributed by atoms with van der Waals surface area (Å²) in [6.45, 7) is 2.81. The molecule has 1 aromatic heterocycles. The van der Waals surface area contributed by atoms with Crippen LogP contribution >= 0.6 is 0 Å². The molecule has 104 valence electrons. The van der Waals surface area contributed by atoms with E-state index in [2.05, 4.69) is 28.5 Å². The van der Waals surface area contributed by atoms with Crippen molar-refractivity contribution in [1.29, 1.82) is 10.7 Å². The fraction of sp³-hybridized carbons (Fsp3) is 0.538. The standard InChI is InChI=1S/C13H22N6/c1-9(18(3)4)8-17-13-10(7-14)11(16-2)6-12(15)19(13)5/h6,9,15-17H,8H2,1-5H3. The van der Waals surface area contributed by atoms with Crippen LogP contribution in [0.4, 0.5) is 11.5 Å². The molecule has 1 atom stereocenters. The Hall–Kier alpha value is -2.00. The molecule has 0 aliphatic rings. The molecule has 0 radical (unpaired) electrons. The summed E-state index contributed by atoms with van der Waals surface area (Å²) < 4.78 is 1.68. The van der Waals surface area contributed by atoms with Gasteiger partial charge in [0.25, 0.3) is 0 Å². The highest BCUT2D eigenvalue weighted by molar-refractivity contribution is 5.67. The summed E-state index contributed by atoms with van der Waals surface area (Å²) in [5, 5.41) is 23.4. The van der Waals surface area contributed by atoms with E-state index in [1.54, 1.807) is 24.7 Å². The molecule has 6 heteroatoms. The lowest BCUT2D eigenvalue weighted by Gasteiger charge is -2.22. The molecular weight excluding hydrogens is 240 g/mol. The van der Waals surface area contributed by atoms with Crippen molar-refractivity contribution in [2.24, 2.45) is 7.05 Å². The van der Waals surface area contributed by atoms with E-state index in [1.165, 1.54) is 0 Å². The van der Waals surface area contributed by atoms with Crippen LogP contribution in [0.2, 0.25) is 0 Å². The second kappa shape index (κ2) is 6.25. The lowest BCUT2D eigenvalue weighted by atomic mass is 10.2. The first-order valence-corrected chi connectivity index (χ1v) is 6.19. The monoisotopic (exact) mass is 262 g/mol. The molecule has 0 aliphatic heterocycles. The largest absolute Gasteiger partial charge is 0.387 e. The summed E-state index contributed by atoms with van der Waals surface area (Å²) in [6.07, 6.45) is 0. The molecule has 0 aliphatic carbocycles. The molecule has 0 aromatic carbocycles. The van der Waals surface area contributed by atoms with Crippen LogP contribution in [0.25, 0.3) is 0 Å². The van der Waals surface area contributed by atoms with Gasteiger partial charge in [0.15, 0.2) is 0 Å². The van der Waals surface area contributed by atoms with Gasteiger partial charge in [-0.3, -0.25) is 5.41 Å². The molecule has 1 unspecified atom stereocenters. The van der Waals surface area contributed by atoms with Crippen LogP contribution in [-0.4, -0.2) is 43.2 Å². The number of nitrogens with one attached hydrogen (secondary N) is 3. The van der Waals surface area contributed by atoms with E-state index in [-0.39, 0.29) is 0 Å². The second-order valence-electron chi connectivity index (χ2n) is 4.78. The van der Waals surface area contributed by atoms with Gasteiger partial charge in [0.05, 0.1) is 5.69 Å². The van der Waals surface area contributed by atoms with Crippen molar-refractivity contribution in [2.75, 3.05) is 38.3 Å². The van der Waals surface area contributed by atoms with Crippen LogP contribution < -0.4 is 16.1 Å². The van der Waals surface area contributed by atoms with E-state index in [1.807, 2.05) is 14.1 Å². The third-order valence-corrected chi connectivity index (χ3v) is 3.31. The summed E-state index contributed by atoms with van der Waals surface area (Å²) in [4.78, 5) is 2.10.